The molecule has 0 radical (unpaired) electrons. The summed E-state index contributed by atoms with van der Waals surface area (Å²) in [4.78, 5) is 24.1. The third-order valence-electron chi connectivity index (χ3n) is 2.65. The van der Waals surface area contributed by atoms with Gasteiger partial charge in [-0.05, 0) is 13.3 Å². The van der Waals surface area contributed by atoms with Crippen LogP contribution in [0.15, 0.2) is 0 Å². The summed E-state index contributed by atoms with van der Waals surface area (Å²) in [7, 11) is 0. The Morgan fingerprint density at radius 3 is 2.35 bits per heavy atom. The van der Waals surface area contributed by atoms with Crippen molar-refractivity contribution in [1.82, 2.24) is 4.90 Å². The molecule has 1 amide bonds. The van der Waals surface area contributed by atoms with E-state index in [9.17, 15) is 9.59 Å². The molecule has 0 aliphatic carbocycles. The summed E-state index contributed by atoms with van der Waals surface area (Å²) in [6.45, 7) is 6.94. The van der Waals surface area contributed by atoms with Gasteiger partial charge in [0.25, 0.3) is 0 Å². The molecule has 0 atom stereocenters. The van der Waals surface area contributed by atoms with Crippen molar-refractivity contribution in [2.45, 2.75) is 52.9 Å². The highest BCUT2D eigenvalue weighted by atomic mass is 16.5. The molecule has 0 unspecified atom stereocenters. The molecule has 0 saturated heterocycles. The molecule has 0 heterocycles. The summed E-state index contributed by atoms with van der Waals surface area (Å²) in [5, 5.41) is 0. The highest BCUT2D eigenvalue weighted by molar-refractivity contribution is 5.76. The van der Waals surface area contributed by atoms with Crippen molar-refractivity contribution < 1.29 is 14.3 Å². The third-order valence-corrected chi connectivity index (χ3v) is 2.65. The monoisotopic (exact) mass is 243 g/mol. The lowest BCUT2D eigenvalue weighted by molar-refractivity contribution is -0.143. The van der Waals surface area contributed by atoms with Crippen LogP contribution in [-0.4, -0.2) is 36.5 Å². The van der Waals surface area contributed by atoms with Crippen LogP contribution in [0.1, 0.15) is 52.9 Å². The zero-order valence-electron chi connectivity index (χ0n) is 11.3. The average molecular weight is 243 g/mol. The van der Waals surface area contributed by atoms with E-state index in [1.54, 1.807) is 4.90 Å². The zero-order chi connectivity index (χ0) is 13.1. The van der Waals surface area contributed by atoms with Crippen LogP contribution >= 0.6 is 0 Å². The summed E-state index contributed by atoms with van der Waals surface area (Å²) >= 11 is 0. The molecule has 4 nitrogen and oxygen atoms in total. The predicted molar refractivity (Wildman–Crippen MR) is 67.6 cm³/mol. The molecule has 0 aliphatic rings. The Kier molecular flexibility index (Phi) is 9.49. The molecule has 0 saturated carbocycles. The lowest BCUT2D eigenvalue weighted by Crippen LogP contribution is -2.34. The van der Waals surface area contributed by atoms with E-state index in [1.807, 2.05) is 6.92 Å². The first-order valence-electron chi connectivity index (χ1n) is 6.52. The SMILES string of the molecule is CCCCCCC(=O)N(CC)CCOC(C)=O. The molecule has 0 aromatic rings. The van der Waals surface area contributed by atoms with E-state index in [0.29, 0.717) is 26.1 Å². The minimum atomic E-state index is -0.295. The van der Waals surface area contributed by atoms with E-state index >= 15 is 0 Å². The van der Waals surface area contributed by atoms with Crippen LogP contribution in [0.2, 0.25) is 0 Å². The summed E-state index contributed by atoms with van der Waals surface area (Å²) < 4.78 is 4.83. The van der Waals surface area contributed by atoms with Crippen molar-refractivity contribution in [3.8, 4) is 0 Å². The maximum atomic E-state index is 11.8. The number of carbonyl (C=O) groups is 2. The molecule has 0 aromatic heterocycles. The molecular weight excluding hydrogens is 218 g/mol. The Morgan fingerprint density at radius 2 is 1.82 bits per heavy atom. The summed E-state index contributed by atoms with van der Waals surface area (Å²) in [5.74, 6) is -0.132. The fourth-order valence-electron chi connectivity index (χ4n) is 1.62. The van der Waals surface area contributed by atoms with Gasteiger partial charge in [-0.3, -0.25) is 9.59 Å². The van der Waals surface area contributed by atoms with Gasteiger partial charge < -0.3 is 9.64 Å². The van der Waals surface area contributed by atoms with Gasteiger partial charge in [0.05, 0.1) is 6.54 Å². The van der Waals surface area contributed by atoms with Crippen molar-refractivity contribution in [3.63, 3.8) is 0 Å². The van der Waals surface area contributed by atoms with Gasteiger partial charge >= 0.3 is 5.97 Å². The molecule has 0 aliphatic heterocycles. The standard InChI is InChI=1S/C13H25NO3/c1-4-6-7-8-9-13(16)14(5-2)10-11-17-12(3)15/h4-11H2,1-3H3. The molecule has 0 rings (SSSR count). The molecule has 0 bridgehead atoms. The molecule has 0 fully saturated rings. The minimum absolute atomic E-state index is 0.163. The van der Waals surface area contributed by atoms with E-state index in [2.05, 4.69) is 6.92 Å². The number of hydrogen-bond acceptors (Lipinski definition) is 3. The number of unbranched alkanes of at least 4 members (excludes halogenated alkanes) is 3. The van der Waals surface area contributed by atoms with Gasteiger partial charge in [-0.2, -0.15) is 0 Å². The number of likely N-dealkylation sites (N-methyl/N-ethyl adjacent to an activating group) is 1. The first kappa shape index (κ1) is 15.9. The maximum absolute atomic E-state index is 11.8. The Balaban J connectivity index is 3.75. The largest absolute Gasteiger partial charge is 0.464 e. The van der Waals surface area contributed by atoms with Gasteiger partial charge in [-0.25, -0.2) is 0 Å². The van der Waals surface area contributed by atoms with Crippen molar-refractivity contribution in [1.29, 1.82) is 0 Å². The summed E-state index contributed by atoms with van der Waals surface area (Å²) in [6.07, 6.45) is 5.04. The minimum Gasteiger partial charge on any atom is -0.464 e. The van der Waals surface area contributed by atoms with E-state index in [0.717, 1.165) is 12.8 Å². The predicted octanol–water partition coefficient (Wildman–Crippen LogP) is 2.37. The second kappa shape index (κ2) is 10.1. The van der Waals surface area contributed by atoms with Crippen molar-refractivity contribution in [3.05, 3.63) is 0 Å². The van der Waals surface area contributed by atoms with Crippen LogP contribution in [-0.2, 0) is 14.3 Å². The van der Waals surface area contributed by atoms with Crippen LogP contribution in [0.5, 0.6) is 0 Å². The smallest absolute Gasteiger partial charge is 0.302 e. The molecular formula is C13H25NO3. The normalized spacial score (nSPS) is 10.1. The van der Waals surface area contributed by atoms with Gasteiger partial charge in [0, 0.05) is 19.9 Å². The maximum Gasteiger partial charge on any atom is 0.302 e. The molecule has 17 heavy (non-hydrogen) atoms. The fourth-order valence-corrected chi connectivity index (χ4v) is 1.62. The second-order valence-electron chi connectivity index (χ2n) is 4.12. The van der Waals surface area contributed by atoms with E-state index in [4.69, 9.17) is 4.74 Å². The van der Waals surface area contributed by atoms with Gasteiger partial charge in [-0.15, -0.1) is 0 Å². The average Bonchev–Trinajstić information content (AvgIpc) is 2.29. The topological polar surface area (TPSA) is 46.6 Å². The number of hydrogen-bond donors (Lipinski definition) is 0. The van der Waals surface area contributed by atoms with E-state index in [-0.39, 0.29) is 11.9 Å². The lowest BCUT2D eigenvalue weighted by atomic mass is 10.1. The number of ether oxygens (including phenoxy) is 1. The van der Waals surface area contributed by atoms with Crippen molar-refractivity contribution >= 4 is 11.9 Å². The van der Waals surface area contributed by atoms with Crippen LogP contribution in [0.25, 0.3) is 0 Å². The van der Waals surface area contributed by atoms with Crippen LogP contribution in [0, 0.1) is 0 Å². The Hall–Kier alpha value is -1.06. The number of amides is 1. The Labute approximate surface area is 104 Å². The molecule has 100 valence electrons. The van der Waals surface area contributed by atoms with E-state index in [1.165, 1.54) is 19.8 Å². The van der Waals surface area contributed by atoms with Gasteiger partial charge in [-0.1, -0.05) is 26.2 Å². The van der Waals surface area contributed by atoms with E-state index < -0.39 is 0 Å². The van der Waals surface area contributed by atoms with Crippen LogP contribution < -0.4 is 0 Å². The summed E-state index contributed by atoms with van der Waals surface area (Å²) in [5.41, 5.74) is 0. The number of carbonyl (C=O) groups excluding carboxylic acids is 2. The lowest BCUT2D eigenvalue weighted by Gasteiger charge is -2.20. The Morgan fingerprint density at radius 1 is 1.12 bits per heavy atom. The first-order valence-corrected chi connectivity index (χ1v) is 6.52. The fraction of sp³-hybridized carbons (Fsp3) is 0.846. The third kappa shape index (κ3) is 8.72. The highest BCUT2D eigenvalue weighted by Gasteiger charge is 2.11. The first-order chi connectivity index (χ1) is 8.11. The second-order valence-corrected chi connectivity index (χ2v) is 4.12. The highest BCUT2D eigenvalue weighted by Crippen LogP contribution is 2.05. The van der Waals surface area contributed by atoms with Crippen LogP contribution in [0.3, 0.4) is 0 Å². The molecule has 4 heteroatoms. The Bertz CT molecular complexity index is 229. The van der Waals surface area contributed by atoms with Gasteiger partial charge in [0.1, 0.15) is 6.61 Å². The summed E-state index contributed by atoms with van der Waals surface area (Å²) in [6, 6.07) is 0. The number of rotatable bonds is 9. The van der Waals surface area contributed by atoms with Crippen molar-refractivity contribution in [2.75, 3.05) is 19.7 Å². The molecule has 0 spiro atoms. The zero-order valence-corrected chi connectivity index (χ0v) is 11.3. The van der Waals surface area contributed by atoms with Crippen LogP contribution in [0.4, 0.5) is 0 Å². The molecule has 0 aromatic carbocycles. The number of esters is 1. The molecule has 0 N–H and O–H groups in total. The van der Waals surface area contributed by atoms with Gasteiger partial charge in [0.15, 0.2) is 0 Å². The number of nitrogens with zero attached hydrogens (tertiary/aromatic N) is 1. The van der Waals surface area contributed by atoms with Crippen molar-refractivity contribution in [2.24, 2.45) is 0 Å². The van der Waals surface area contributed by atoms with Gasteiger partial charge in [0.2, 0.25) is 5.91 Å². The quantitative estimate of drug-likeness (QED) is 0.461.